The average Bonchev–Trinajstić information content (AvgIpc) is 2.64. The second kappa shape index (κ2) is 9.71. The Labute approximate surface area is 159 Å². The number of amides is 2. The first-order valence-electron chi connectivity index (χ1n) is 9.13. The van der Waals surface area contributed by atoms with Crippen molar-refractivity contribution >= 4 is 28.9 Å². The lowest BCUT2D eigenvalue weighted by Crippen LogP contribution is -2.32. The molecule has 0 aliphatic heterocycles. The topological polar surface area (TPSA) is 52.6 Å². The molecule has 0 aliphatic rings. The summed E-state index contributed by atoms with van der Waals surface area (Å²) in [5.41, 5.74) is 2.24. The van der Waals surface area contributed by atoms with Gasteiger partial charge in [-0.05, 0) is 56.3 Å². The van der Waals surface area contributed by atoms with E-state index in [0.29, 0.717) is 5.69 Å². The first kappa shape index (κ1) is 20.4. The predicted octanol–water partition coefficient (Wildman–Crippen LogP) is 4.05. The van der Waals surface area contributed by atoms with Gasteiger partial charge in [0.15, 0.2) is 0 Å². The summed E-state index contributed by atoms with van der Waals surface area (Å²) in [5.74, 6) is -0.817. The minimum absolute atomic E-state index is 0.119. The number of nitrogens with one attached hydrogen (secondary N) is 1. The average molecular weight is 371 g/mol. The van der Waals surface area contributed by atoms with Crippen molar-refractivity contribution in [3.63, 3.8) is 0 Å². The normalized spacial score (nSPS) is 10.4. The summed E-state index contributed by atoms with van der Waals surface area (Å²) in [6.07, 6.45) is 0.119. The molecule has 0 saturated carbocycles. The Morgan fingerprint density at radius 1 is 1.00 bits per heavy atom. The summed E-state index contributed by atoms with van der Waals surface area (Å²) in [6, 6.07) is 13.5. The van der Waals surface area contributed by atoms with Crippen molar-refractivity contribution < 1.29 is 14.0 Å². The monoisotopic (exact) mass is 371 g/mol. The van der Waals surface area contributed by atoms with E-state index >= 15 is 0 Å². The van der Waals surface area contributed by atoms with E-state index in [1.165, 1.54) is 25.1 Å². The van der Waals surface area contributed by atoms with Gasteiger partial charge >= 0.3 is 0 Å². The van der Waals surface area contributed by atoms with Gasteiger partial charge < -0.3 is 15.1 Å². The summed E-state index contributed by atoms with van der Waals surface area (Å²) in [6.45, 7) is 7.73. The first-order chi connectivity index (χ1) is 12.9. The molecule has 0 heterocycles. The molecule has 0 aromatic heterocycles. The molecule has 2 aromatic carbocycles. The van der Waals surface area contributed by atoms with Crippen LogP contribution in [0, 0.1) is 5.82 Å². The number of hydrogen-bond donors (Lipinski definition) is 1. The van der Waals surface area contributed by atoms with Gasteiger partial charge in [-0.2, -0.15) is 0 Å². The number of nitrogens with zero attached hydrogens (tertiary/aromatic N) is 2. The number of carbonyl (C=O) groups is 2. The van der Waals surface area contributed by atoms with Crippen LogP contribution in [0.4, 0.5) is 21.5 Å². The Balaban J connectivity index is 2.01. The Morgan fingerprint density at radius 2 is 1.63 bits per heavy atom. The SMILES string of the molecule is CCN(CC)c1ccc(N(CCC(=O)Nc2cccc(F)c2)C(C)=O)cc1. The molecule has 0 atom stereocenters. The van der Waals surface area contributed by atoms with Crippen molar-refractivity contribution in [3.05, 3.63) is 54.3 Å². The Kier molecular flexibility index (Phi) is 7.34. The predicted molar refractivity (Wildman–Crippen MR) is 108 cm³/mol. The molecule has 2 amide bonds. The van der Waals surface area contributed by atoms with Crippen LogP contribution >= 0.6 is 0 Å². The molecule has 1 N–H and O–H groups in total. The fourth-order valence-corrected chi connectivity index (χ4v) is 2.90. The van der Waals surface area contributed by atoms with Crippen LogP contribution in [0.1, 0.15) is 27.2 Å². The largest absolute Gasteiger partial charge is 0.372 e. The van der Waals surface area contributed by atoms with Crippen LogP contribution in [-0.2, 0) is 9.59 Å². The number of carbonyl (C=O) groups excluding carboxylic acids is 2. The van der Waals surface area contributed by atoms with E-state index in [1.54, 1.807) is 11.0 Å². The Hall–Kier alpha value is -2.89. The fraction of sp³-hybridized carbons (Fsp3) is 0.333. The Bertz CT molecular complexity index is 773. The first-order valence-corrected chi connectivity index (χ1v) is 9.13. The van der Waals surface area contributed by atoms with E-state index in [4.69, 9.17) is 0 Å². The summed E-state index contributed by atoms with van der Waals surface area (Å²) < 4.78 is 13.2. The molecular formula is C21H26FN3O2. The molecule has 2 aromatic rings. The minimum Gasteiger partial charge on any atom is -0.372 e. The van der Waals surface area contributed by atoms with Gasteiger partial charge in [-0.3, -0.25) is 9.59 Å². The van der Waals surface area contributed by atoms with Gasteiger partial charge in [0.2, 0.25) is 11.8 Å². The lowest BCUT2D eigenvalue weighted by atomic mass is 10.2. The van der Waals surface area contributed by atoms with E-state index in [-0.39, 0.29) is 24.8 Å². The number of hydrogen-bond acceptors (Lipinski definition) is 3. The van der Waals surface area contributed by atoms with Crippen molar-refractivity contribution in [2.75, 3.05) is 34.8 Å². The zero-order chi connectivity index (χ0) is 19.8. The summed E-state index contributed by atoms with van der Waals surface area (Å²) >= 11 is 0. The van der Waals surface area contributed by atoms with Gasteiger partial charge in [0, 0.05) is 50.0 Å². The third kappa shape index (κ3) is 5.81. The van der Waals surface area contributed by atoms with Gasteiger partial charge in [-0.25, -0.2) is 4.39 Å². The van der Waals surface area contributed by atoms with E-state index < -0.39 is 5.82 Å². The Morgan fingerprint density at radius 3 is 2.19 bits per heavy atom. The summed E-state index contributed by atoms with van der Waals surface area (Å²) in [5, 5.41) is 2.64. The molecule has 2 rings (SSSR count). The van der Waals surface area contributed by atoms with Gasteiger partial charge in [-0.1, -0.05) is 6.07 Å². The van der Waals surface area contributed by atoms with Crippen LogP contribution in [0.25, 0.3) is 0 Å². The van der Waals surface area contributed by atoms with Crippen LogP contribution in [0.5, 0.6) is 0 Å². The smallest absolute Gasteiger partial charge is 0.226 e. The second-order valence-electron chi connectivity index (χ2n) is 6.17. The second-order valence-corrected chi connectivity index (χ2v) is 6.17. The van der Waals surface area contributed by atoms with E-state index in [0.717, 1.165) is 24.5 Å². The number of anilines is 3. The minimum atomic E-state index is -0.411. The lowest BCUT2D eigenvalue weighted by molar-refractivity contribution is -0.117. The maximum atomic E-state index is 13.2. The molecule has 0 unspecified atom stereocenters. The molecule has 0 spiro atoms. The molecular weight excluding hydrogens is 345 g/mol. The van der Waals surface area contributed by atoms with Crippen molar-refractivity contribution in [1.29, 1.82) is 0 Å². The van der Waals surface area contributed by atoms with E-state index in [1.807, 2.05) is 24.3 Å². The fourth-order valence-electron chi connectivity index (χ4n) is 2.90. The standard InChI is InChI=1S/C21H26FN3O2/c1-4-24(5-2)19-9-11-20(12-10-19)25(16(3)26)14-13-21(27)23-18-8-6-7-17(22)15-18/h6-12,15H,4-5,13-14H2,1-3H3,(H,23,27). The molecule has 6 heteroatoms. The van der Waals surface area contributed by atoms with Gasteiger partial charge in [0.1, 0.15) is 5.82 Å². The zero-order valence-electron chi connectivity index (χ0n) is 16.0. The molecule has 0 saturated heterocycles. The van der Waals surface area contributed by atoms with E-state index in [9.17, 15) is 14.0 Å². The van der Waals surface area contributed by atoms with Gasteiger partial charge in [0.25, 0.3) is 0 Å². The van der Waals surface area contributed by atoms with Crippen LogP contribution in [0.3, 0.4) is 0 Å². The molecule has 27 heavy (non-hydrogen) atoms. The van der Waals surface area contributed by atoms with Crippen LogP contribution in [-0.4, -0.2) is 31.4 Å². The number of rotatable bonds is 8. The van der Waals surface area contributed by atoms with Crippen molar-refractivity contribution in [2.45, 2.75) is 27.2 Å². The van der Waals surface area contributed by atoms with E-state index in [2.05, 4.69) is 24.1 Å². The number of benzene rings is 2. The molecule has 0 radical (unpaired) electrons. The molecule has 144 valence electrons. The third-order valence-electron chi connectivity index (χ3n) is 4.34. The summed E-state index contributed by atoms with van der Waals surface area (Å²) in [4.78, 5) is 27.9. The number of halogens is 1. The highest BCUT2D eigenvalue weighted by atomic mass is 19.1. The highest BCUT2D eigenvalue weighted by Crippen LogP contribution is 2.21. The van der Waals surface area contributed by atoms with Crippen molar-refractivity contribution in [1.82, 2.24) is 0 Å². The van der Waals surface area contributed by atoms with Crippen molar-refractivity contribution in [3.8, 4) is 0 Å². The zero-order valence-corrected chi connectivity index (χ0v) is 16.0. The van der Waals surface area contributed by atoms with Crippen LogP contribution in [0.15, 0.2) is 48.5 Å². The summed E-state index contributed by atoms with van der Waals surface area (Å²) in [7, 11) is 0. The maximum Gasteiger partial charge on any atom is 0.226 e. The molecule has 0 fully saturated rings. The highest BCUT2D eigenvalue weighted by Gasteiger charge is 2.14. The maximum absolute atomic E-state index is 13.2. The highest BCUT2D eigenvalue weighted by molar-refractivity contribution is 5.94. The van der Waals surface area contributed by atoms with Crippen LogP contribution < -0.4 is 15.1 Å². The lowest BCUT2D eigenvalue weighted by Gasteiger charge is -2.24. The molecule has 0 aliphatic carbocycles. The third-order valence-corrected chi connectivity index (χ3v) is 4.34. The van der Waals surface area contributed by atoms with Gasteiger partial charge in [0.05, 0.1) is 0 Å². The quantitative estimate of drug-likeness (QED) is 0.761. The van der Waals surface area contributed by atoms with Crippen LogP contribution in [0.2, 0.25) is 0 Å². The van der Waals surface area contributed by atoms with Gasteiger partial charge in [-0.15, -0.1) is 0 Å². The van der Waals surface area contributed by atoms with Crippen molar-refractivity contribution in [2.24, 2.45) is 0 Å². The molecule has 5 nitrogen and oxygen atoms in total. The molecule has 0 bridgehead atoms.